The molecule has 1 unspecified atom stereocenters. The van der Waals surface area contributed by atoms with Crippen LogP contribution in [0.1, 0.15) is 34.1 Å². The SMILES string of the molecule is CCOP(=O)(OCC)C(CC)(N(CC)C(P(=O)(O)O)P(=O)(O)O)P(=O)(O)O.N.N. The van der Waals surface area contributed by atoms with Gasteiger partial charge in [0, 0.05) is 0 Å². The lowest BCUT2D eigenvalue weighted by atomic mass is 10.4. The topological polar surface area (TPSA) is 281 Å². The van der Waals surface area contributed by atoms with Crippen molar-refractivity contribution in [2.45, 2.75) is 44.7 Å². The van der Waals surface area contributed by atoms with Gasteiger partial charge in [0.1, 0.15) is 0 Å². The van der Waals surface area contributed by atoms with Gasteiger partial charge >= 0.3 is 30.4 Å². The van der Waals surface area contributed by atoms with E-state index in [9.17, 15) is 47.6 Å². The van der Waals surface area contributed by atoms with E-state index in [4.69, 9.17) is 9.05 Å². The van der Waals surface area contributed by atoms with Gasteiger partial charge in [-0.15, -0.1) is 0 Å². The van der Waals surface area contributed by atoms with Crippen LogP contribution in [0.2, 0.25) is 0 Å². The van der Waals surface area contributed by atoms with Gasteiger partial charge in [-0.3, -0.25) is 23.2 Å². The molecule has 0 amide bonds. The largest absolute Gasteiger partial charge is 0.363 e. The van der Waals surface area contributed by atoms with Crippen molar-refractivity contribution in [1.82, 2.24) is 17.2 Å². The summed E-state index contributed by atoms with van der Waals surface area (Å²) in [4.78, 5) is 58.3. The van der Waals surface area contributed by atoms with Crippen LogP contribution in [-0.2, 0) is 27.3 Å². The average Bonchev–Trinajstić information content (AvgIpc) is 2.43. The van der Waals surface area contributed by atoms with Crippen LogP contribution in [-0.4, -0.2) is 64.6 Å². The predicted molar refractivity (Wildman–Crippen MR) is 106 cm³/mol. The summed E-state index contributed by atoms with van der Waals surface area (Å²) in [6.07, 6.45) is -0.751. The molecular weight excluding hydrogens is 478 g/mol. The van der Waals surface area contributed by atoms with Crippen LogP contribution in [0.4, 0.5) is 0 Å². The summed E-state index contributed by atoms with van der Waals surface area (Å²) in [6.45, 7) is 3.55. The van der Waals surface area contributed by atoms with Crippen LogP contribution in [0, 0.1) is 0 Å². The molecule has 0 radical (unpaired) electrons. The van der Waals surface area contributed by atoms with E-state index >= 15 is 0 Å². The molecule has 1 atom stereocenters. The maximum Gasteiger partial charge on any atom is 0.363 e. The van der Waals surface area contributed by atoms with Crippen molar-refractivity contribution in [3.05, 3.63) is 0 Å². The fourth-order valence-electron chi connectivity index (χ4n) is 2.83. The Bertz CT molecular complexity index is 657. The van der Waals surface area contributed by atoms with Crippen LogP contribution in [0.25, 0.3) is 0 Å². The molecule has 0 aromatic rings. The molecule has 0 aliphatic carbocycles. The lowest BCUT2D eigenvalue weighted by Crippen LogP contribution is -2.53. The quantitative estimate of drug-likeness (QED) is 0.173. The Morgan fingerprint density at radius 1 is 0.793 bits per heavy atom. The van der Waals surface area contributed by atoms with Gasteiger partial charge in [-0.1, -0.05) is 13.8 Å². The highest BCUT2D eigenvalue weighted by Crippen LogP contribution is 2.79. The summed E-state index contributed by atoms with van der Waals surface area (Å²) in [5.74, 6) is 0. The Labute approximate surface area is 169 Å². The van der Waals surface area contributed by atoms with E-state index in [-0.39, 0.29) is 30.4 Å². The van der Waals surface area contributed by atoms with Gasteiger partial charge in [0.05, 0.1) is 13.2 Å². The molecular formula is C10H33N3O12P4. The number of hydrogen-bond acceptors (Lipinski definition) is 9. The third-order valence-corrected chi connectivity index (χ3v) is 12.9. The maximum atomic E-state index is 13.4. The first kappa shape index (κ1) is 34.1. The van der Waals surface area contributed by atoms with Gasteiger partial charge in [0.25, 0.3) is 0 Å². The van der Waals surface area contributed by atoms with E-state index < -0.39 is 53.9 Å². The van der Waals surface area contributed by atoms with Crippen LogP contribution in [0.15, 0.2) is 0 Å². The first-order valence-electron chi connectivity index (χ1n) is 7.82. The van der Waals surface area contributed by atoms with E-state index in [0.717, 1.165) is 13.8 Å². The predicted octanol–water partition coefficient (Wildman–Crippen LogP) is 1.78. The van der Waals surface area contributed by atoms with E-state index in [1.54, 1.807) is 0 Å². The first-order valence-corrected chi connectivity index (χ1v) is 14.3. The van der Waals surface area contributed by atoms with E-state index in [1.807, 2.05) is 0 Å². The lowest BCUT2D eigenvalue weighted by Gasteiger charge is -2.48. The average molecular weight is 511 g/mol. The fourth-order valence-corrected chi connectivity index (χ4v) is 11.0. The van der Waals surface area contributed by atoms with Crippen LogP contribution in [0.3, 0.4) is 0 Å². The molecule has 0 saturated carbocycles. The van der Waals surface area contributed by atoms with Crippen molar-refractivity contribution in [3.8, 4) is 0 Å². The number of rotatable bonds is 12. The molecule has 0 fully saturated rings. The van der Waals surface area contributed by atoms with Gasteiger partial charge in [0.2, 0.25) is 10.5 Å². The van der Waals surface area contributed by atoms with Gasteiger partial charge in [0.15, 0.2) is 0 Å². The summed E-state index contributed by atoms with van der Waals surface area (Å²) in [5.41, 5.74) is -2.96. The molecule has 15 nitrogen and oxygen atoms in total. The van der Waals surface area contributed by atoms with Crippen molar-refractivity contribution in [2.75, 3.05) is 19.8 Å². The standard InChI is InChI=1S/C10H27NO12P4.2H3N/c1-5-10(26(18,19)20,27(21,22-7-3)23-8-4)11(6-2)9(24(12,13)14)25(15,16)17;;/h9H,5-8H2,1-4H3,(H2,12,13,14)(H2,15,16,17)(H2,18,19,20);2*1H3. The summed E-state index contributed by atoms with van der Waals surface area (Å²) in [6, 6.07) is 0. The minimum atomic E-state index is -5.67. The normalized spacial score (nSPS) is 15.6. The Kier molecular flexibility index (Phi) is 14.0. The molecule has 19 heteroatoms. The molecule has 0 bridgehead atoms. The van der Waals surface area contributed by atoms with Crippen LogP contribution < -0.4 is 12.3 Å². The highest BCUT2D eigenvalue weighted by Gasteiger charge is 2.69. The zero-order chi connectivity index (χ0) is 21.9. The fraction of sp³-hybridized carbons (Fsp3) is 1.00. The van der Waals surface area contributed by atoms with Crippen LogP contribution >= 0.6 is 30.4 Å². The minimum absolute atomic E-state index is 0. The Morgan fingerprint density at radius 2 is 1.14 bits per heavy atom. The van der Waals surface area contributed by atoms with Gasteiger partial charge in [-0.05, 0) is 26.8 Å². The molecule has 0 saturated heterocycles. The van der Waals surface area contributed by atoms with Gasteiger partial charge in [-0.2, -0.15) is 0 Å². The van der Waals surface area contributed by atoms with Crippen molar-refractivity contribution in [1.29, 1.82) is 0 Å². The second kappa shape index (κ2) is 11.9. The monoisotopic (exact) mass is 511 g/mol. The number of nitrogens with zero attached hydrogens (tertiary/aromatic N) is 1. The molecule has 0 spiro atoms. The minimum Gasteiger partial charge on any atom is -0.344 e. The third-order valence-electron chi connectivity index (χ3n) is 3.66. The van der Waals surface area contributed by atoms with Crippen molar-refractivity contribution in [2.24, 2.45) is 0 Å². The van der Waals surface area contributed by atoms with E-state index in [2.05, 4.69) is 0 Å². The molecule has 0 heterocycles. The molecule has 180 valence electrons. The summed E-state index contributed by atoms with van der Waals surface area (Å²) in [5, 5.41) is -3.03. The molecule has 0 aromatic heterocycles. The molecule has 0 aliphatic rings. The van der Waals surface area contributed by atoms with Gasteiger partial charge in [-0.25, -0.2) is 0 Å². The second-order valence-corrected chi connectivity index (χ2v) is 13.5. The summed E-state index contributed by atoms with van der Waals surface area (Å²) < 4.78 is 59.5. The molecule has 0 aliphatic heterocycles. The molecule has 29 heavy (non-hydrogen) atoms. The lowest BCUT2D eigenvalue weighted by molar-refractivity contribution is 0.118. The van der Waals surface area contributed by atoms with Gasteiger partial charge < -0.3 is 50.7 Å². The smallest absolute Gasteiger partial charge is 0.344 e. The van der Waals surface area contributed by atoms with E-state index in [1.165, 1.54) is 13.8 Å². The van der Waals surface area contributed by atoms with Crippen molar-refractivity contribution >= 4 is 30.4 Å². The second-order valence-electron chi connectivity index (χ2n) is 5.32. The zero-order valence-electron chi connectivity index (χ0n) is 16.7. The van der Waals surface area contributed by atoms with E-state index in [0.29, 0.717) is 0 Å². The Morgan fingerprint density at radius 3 is 1.31 bits per heavy atom. The first-order chi connectivity index (χ1) is 12.0. The molecule has 0 rings (SSSR count). The Hall–Kier alpha value is 0.480. The third kappa shape index (κ3) is 6.98. The Balaban J connectivity index is -0.00000338. The van der Waals surface area contributed by atoms with Crippen molar-refractivity contribution < 1.29 is 56.7 Å². The number of hydrogen-bond donors (Lipinski definition) is 8. The van der Waals surface area contributed by atoms with Crippen molar-refractivity contribution in [3.63, 3.8) is 0 Å². The maximum absolute atomic E-state index is 13.4. The highest BCUT2D eigenvalue weighted by molar-refractivity contribution is 7.74. The highest BCUT2D eigenvalue weighted by atomic mass is 31.2. The zero-order valence-corrected chi connectivity index (χ0v) is 20.3. The molecule has 0 aromatic carbocycles. The molecule has 12 N–H and O–H groups in total. The summed E-state index contributed by atoms with van der Waals surface area (Å²) >= 11 is 0. The summed E-state index contributed by atoms with van der Waals surface area (Å²) in [7, 11) is -21.8. The van der Waals surface area contributed by atoms with Crippen LogP contribution in [0.5, 0.6) is 0 Å².